The number of fused-ring (bicyclic) bond motifs is 1. The van der Waals surface area contributed by atoms with Crippen molar-refractivity contribution in [2.24, 2.45) is 5.73 Å². The van der Waals surface area contributed by atoms with E-state index in [-0.39, 0.29) is 11.4 Å². The Kier molecular flexibility index (Phi) is 4.30. The minimum Gasteiger partial charge on any atom is -0.465 e. The van der Waals surface area contributed by atoms with Crippen LogP contribution in [0, 0.1) is 10.1 Å². The molecule has 0 aliphatic carbocycles. The highest BCUT2D eigenvalue weighted by atomic mass is 16.6. The van der Waals surface area contributed by atoms with Gasteiger partial charge in [-0.1, -0.05) is 0 Å². The van der Waals surface area contributed by atoms with Gasteiger partial charge in [0.2, 0.25) is 0 Å². The molecule has 2 aromatic rings. The van der Waals surface area contributed by atoms with Crippen molar-refractivity contribution in [3.05, 3.63) is 58.2 Å². The Labute approximate surface area is 137 Å². The third-order valence-corrected chi connectivity index (χ3v) is 3.52. The van der Waals surface area contributed by atoms with Crippen molar-refractivity contribution in [3.63, 3.8) is 0 Å². The topological polar surface area (TPSA) is 112 Å². The van der Waals surface area contributed by atoms with Gasteiger partial charge in [0.25, 0.3) is 11.6 Å². The van der Waals surface area contributed by atoms with Crippen LogP contribution < -0.4 is 15.4 Å². The van der Waals surface area contributed by atoms with Crippen molar-refractivity contribution >= 4 is 23.4 Å². The smallest absolute Gasteiger partial charge is 0.294 e. The van der Waals surface area contributed by atoms with Crippen LogP contribution in [0.4, 0.5) is 11.4 Å². The van der Waals surface area contributed by atoms with Crippen molar-refractivity contribution in [3.8, 4) is 5.75 Å². The maximum Gasteiger partial charge on any atom is 0.294 e. The van der Waals surface area contributed by atoms with E-state index in [2.05, 4.69) is 0 Å². The lowest BCUT2D eigenvalue weighted by Crippen LogP contribution is -2.38. The lowest BCUT2D eigenvalue weighted by atomic mass is 10.1. The third kappa shape index (κ3) is 2.99. The van der Waals surface area contributed by atoms with Crippen LogP contribution in [0.15, 0.2) is 46.8 Å². The zero-order valence-electron chi connectivity index (χ0n) is 12.7. The summed E-state index contributed by atoms with van der Waals surface area (Å²) < 4.78 is 10.8. The van der Waals surface area contributed by atoms with Gasteiger partial charge in [-0.3, -0.25) is 14.9 Å². The zero-order valence-corrected chi connectivity index (χ0v) is 12.7. The first-order chi connectivity index (χ1) is 11.6. The Balaban J connectivity index is 2.03. The summed E-state index contributed by atoms with van der Waals surface area (Å²) in [5.74, 6) is 0.536. The second-order valence-corrected chi connectivity index (χ2v) is 5.13. The molecule has 0 unspecified atom stereocenters. The summed E-state index contributed by atoms with van der Waals surface area (Å²) in [7, 11) is 0. The van der Waals surface area contributed by atoms with Crippen LogP contribution in [0.25, 0.3) is 6.08 Å². The number of hydrogen-bond acceptors (Lipinski definition) is 6. The SMILES string of the molecule is NCCCN1C(=O)/C(=C\c2ccco2)Oc2ccc([N+](=O)[O-])cc21. The zero-order chi connectivity index (χ0) is 17.1. The van der Waals surface area contributed by atoms with E-state index in [0.29, 0.717) is 36.7 Å². The fraction of sp³-hybridized carbons (Fsp3) is 0.188. The summed E-state index contributed by atoms with van der Waals surface area (Å²) in [6.07, 6.45) is 3.53. The van der Waals surface area contributed by atoms with E-state index in [1.165, 1.54) is 35.4 Å². The number of nitro groups is 1. The Morgan fingerprint density at radius 3 is 2.83 bits per heavy atom. The summed E-state index contributed by atoms with van der Waals surface area (Å²) >= 11 is 0. The van der Waals surface area contributed by atoms with Gasteiger partial charge >= 0.3 is 0 Å². The summed E-state index contributed by atoms with van der Waals surface area (Å²) in [6, 6.07) is 7.53. The van der Waals surface area contributed by atoms with E-state index in [9.17, 15) is 14.9 Å². The van der Waals surface area contributed by atoms with Crippen LogP contribution >= 0.6 is 0 Å². The van der Waals surface area contributed by atoms with Gasteiger partial charge in [0, 0.05) is 24.8 Å². The van der Waals surface area contributed by atoms with E-state index in [0.717, 1.165) is 0 Å². The molecule has 1 amide bonds. The van der Waals surface area contributed by atoms with Crippen molar-refractivity contribution in [1.82, 2.24) is 0 Å². The first kappa shape index (κ1) is 15.8. The van der Waals surface area contributed by atoms with Gasteiger partial charge < -0.3 is 19.8 Å². The van der Waals surface area contributed by atoms with Gasteiger partial charge in [-0.05, 0) is 31.2 Å². The number of rotatable bonds is 5. The number of non-ortho nitro benzene ring substituents is 1. The Hall–Kier alpha value is -3.13. The highest BCUT2D eigenvalue weighted by Gasteiger charge is 2.31. The van der Waals surface area contributed by atoms with Gasteiger partial charge in [-0.25, -0.2) is 0 Å². The first-order valence-electron chi connectivity index (χ1n) is 7.33. The average Bonchev–Trinajstić information content (AvgIpc) is 3.07. The molecule has 0 atom stereocenters. The monoisotopic (exact) mass is 329 g/mol. The van der Waals surface area contributed by atoms with Gasteiger partial charge in [-0.2, -0.15) is 0 Å². The number of furan rings is 1. The molecule has 8 heteroatoms. The fourth-order valence-corrected chi connectivity index (χ4v) is 2.39. The number of amides is 1. The van der Waals surface area contributed by atoms with Gasteiger partial charge in [0.05, 0.1) is 16.9 Å². The summed E-state index contributed by atoms with van der Waals surface area (Å²) in [5, 5.41) is 11.0. The average molecular weight is 329 g/mol. The fourth-order valence-electron chi connectivity index (χ4n) is 2.39. The molecule has 0 bridgehead atoms. The molecule has 0 radical (unpaired) electrons. The number of nitrogens with zero attached hydrogens (tertiary/aromatic N) is 2. The van der Waals surface area contributed by atoms with Crippen molar-refractivity contribution < 1.29 is 18.9 Å². The maximum absolute atomic E-state index is 12.7. The van der Waals surface area contributed by atoms with Gasteiger partial charge in [0.15, 0.2) is 11.5 Å². The van der Waals surface area contributed by atoms with Crippen LogP contribution in [-0.4, -0.2) is 23.9 Å². The van der Waals surface area contributed by atoms with Crippen molar-refractivity contribution in [2.75, 3.05) is 18.0 Å². The van der Waals surface area contributed by atoms with Crippen LogP contribution in [-0.2, 0) is 4.79 Å². The molecular weight excluding hydrogens is 314 g/mol. The second-order valence-electron chi connectivity index (χ2n) is 5.13. The molecule has 124 valence electrons. The van der Waals surface area contributed by atoms with E-state index in [1.807, 2.05) is 0 Å². The highest BCUT2D eigenvalue weighted by Crippen LogP contribution is 2.38. The molecule has 24 heavy (non-hydrogen) atoms. The van der Waals surface area contributed by atoms with Crippen LogP contribution in [0.2, 0.25) is 0 Å². The molecule has 3 rings (SSSR count). The Bertz CT molecular complexity index is 798. The molecule has 0 fully saturated rings. The van der Waals surface area contributed by atoms with E-state index in [4.69, 9.17) is 14.9 Å². The minimum atomic E-state index is -0.514. The number of carbonyl (C=O) groups excluding carboxylic acids is 1. The van der Waals surface area contributed by atoms with Crippen molar-refractivity contribution in [1.29, 1.82) is 0 Å². The predicted molar refractivity (Wildman–Crippen MR) is 86.4 cm³/mol. The molecule has 1 aromatic carbocycles. The van der Waals surface area contributed by atoms with Gasteiger partial charge in [0.1, 0.15) is 5.76 Å². The van der Waals surface area contributed by atoms with Crippen LogP contribution in [0.5, 0.6) is 5.75 Å². The largest absolute Gasteiger partial charge is 0.465 e. The Morgan fingerprint density at radius 1 is 1.33 bits per heavy atom. The number of ether oxygens (including phenoxy) is 1. The summed E-state index contributed by atoms with van der Waals surface area (Å²) in [4.78, 5) is 24.6. The lowest BCUT2D eigenvalue weighted by Gasteiger charge is -2.30. The quantitative estimate of drug-likeness (QED) is 0.512. The highest BCUT2D eigenvalue weighted by molar-refractivity contribution is 6.09. The Morgan fingerprint density at radius 2 is 2.17 bits per heavy atom. The minimum absolute atomic E-state index is 0.0864. The van der Waals surface area contributed by atoms with E-state index >= 15 is 0 Å². The lowest BCUT2D eigenvalue weighted by molar-refractivity contribution is -0.384. The number of benzene rings is 1. The number of anilines is 1. The van der Waals surface area contributed by atoms with E-state index in [1.54, 1.807) is 12.1 Å². The molecule has 8 nitrogen and oxygen atoms in total. The number of nitro benzene ring substituents is 1. The van der Waals surface area contributed by atoms with E-state index < -0.39 is 10.8 Å². The molecule has 0 saturated carbocycles. The standard InChI is InChI=1S/C16H15N3O5/c17-6-2-7-18-13-9-11(19(21)22)4-5-14(13)24-15(16(18)20)10-12-3-1-8-23-12/h1,3-5,8-10H,2,6-7,17H2/b15-10+. The summed E-state index contributed by atoms with van der Waals surface area (Å²) in [5.41, 5.74) is 5.78. The van der Waals surface area contributed by atoms with Crippen LogP contribution in [0.3, 0.4) is 0 Å². The predicted octanol–water partition coefficient (Wildman–Crippen LogP) is 2.30. The number of carbonyl (C=O) groups is 1. The first-order valence-corrected chi connectivity index (χ1v) is 7.33. The summed E-state index contributed by atoms with van der Waals surface area (Å²) in [6.45, 7) is 0.731. The van der Waals surface area contributed by atoms with Crippen LogP contribution in [0.1, 0.15) is 12.2 Å². The van der Waals surface area contributed by atoms with Gasteiger partial charge in [-0.15, -0.1) is 0 Å². The molecule has 1 aliphatic heterocycles. The molecule has 1 aliphatic rings. The normalized spacial score (nSPS) is 15.3. The second kappa shape index (κ2) is 6.55. The third-order valence-electron chi connectivity index (χ3n) is 3.52. The molecule has 0 saturated heterocycles. The number of nitrogens with two attached hydrogens (primary N) is 1. The molecule has 2 heterocycles. The molecule has 0 spiro atoms. The van der Waals surface area contributed by atoms with Crippen molar-refractivity contribution in [2.45, 2.75) is 6.42 Å². The maximum atomic E-state index is 12.7. The molecular formula is C16H15N3O5. The number of hydrogen-bond donors (Lipinski definition) is 1. The molecule has 1 aromatic heterocycles. The molecule has 2 N–H and O–H groups in total.